The lowest BCUT2D eigenvalue weighted by molar-refractivity contribution is -0.121. The van der Waals surface area contributed by atoms with Gasteiger partial charge in [0.2, 0.25) is 15.9 Å². The van der Waals surface area contributed by atoms with Crippen LogP contribution in [0.1, 0.15) is 25.0 Å². The lowest BCUT2D eigenvalue weighted by Crippen LogP contribution is -2.48. The van der Waals surface area contributed by atoms with Crippen LogP contribution in [0.4, 0.5) is 5.69 Å². The minimum Gasteiger partial charge on any atom is -0.324 e. The Morgan fingerprint density at radius 2 is 1.80 bits per heavy atom. The number of anilines is 1. The Balaban J connectivity index is 3.26. The molecule has 0 unspecified atom stereocenters. The molecule has 6 nitrogen and oxygen atoms in total. The summed E-state index contributed by atoms with van der Waals surface area (Å²) in [6.07, 6.45) is 0. The van der Waals surface area contributed by atoms with E-state index < -0.39 is 15.6 Å². The number of benzene rings is 1. The highest BCUT2D eigenvalue weighted by molar-refractivity contribution is 7.89. The van der Waals surface area contributed by atoms with E-state index in [9.17, 15) is 13.2 Å². The molecule has 0 saturated carbocycles. The fourth-order valence-electron chi connectivity index (χ4n) is 1.51. The minimum atomic E-state index is -3.81. The maximum absolute atomic E-state index is 12.1. The van der Waals surface area contributed by atoms with E-state index in [0.29, 0.717) is 5.69 Å². The molecule has 0 aliphatic rings. The van der Waals surface area contributed by atoms with Gasteiger partial charge < -0.3 is 10.6 Å². The number of hydrogen-bond donors (Lipinski definition) is 3. The van der Waals surface area contributed by atoms with E-state index >= 15 is 0 Å². The van der Waals surface area contributed by atoms with Crippen molar-refractivity contribution in [1.29, 1.82) is 0 Å². The highest BCUT2D eigenvalue weighted by Gasteiger charge is 2.26. The molecule has 0 aliphatic carbocycles. The third kappa shape index (κ3) is 3.56. The van der Waals surface area contributed by atoms with E-state index in [1.54, 1.807) is 27.8 Å². The molecule has 1 aromatic carbocycles. The van der Waals surface area contributed by atoms with Crippen molar-refractivity contribution in [3.63, 3.8) is 0 Å². The summed E-state index contributed by atoms with van der Waals surface area (Å²) in [5.74, 6) is -0.255. The fraction of sp³-hybridized carbons (Fsp3) is 0.462. The number of hydrogen-bond acceptors (Lipinski definition) is 4. The number of nitrogens with two attached hydrogens (primary N) is 1. The SMILES string of the molecule is CNC(C)(C)C(=O)Nc1cc(S(N)(=O)=O)cc(C)c1C. The predicted octanol–water partition coefficient (Wildman–Crippen LogP) is 0.887. The molecule has 0 radical (unpaired) electrons. The van der Waals surface area contributed by atoms with Crippen LogP contribution in [-0.2, 0) is 14.8 Å². The first-order chi connectivity index (χ1) is 8.99. The summed E-state index contributed by atoms with van der Waals surface area (Å²) in [6.45, 7) is 7.04. The largest absolute Gasteiger partial charge is 0.324 e. The van der Waals surface area contributed by atoms with Gasteiger partial charge >= 0.3 is 0 Å². The van der Waals surface area contributed by atoms with Crippen LogP contribution in [0.15, 0.2) is 17.0 Å². The van der Waals surface area contributed by atoms with Crippen molar-refractivity contribution in [3.05, 3.63) is 23.3 Å². The monoisotopic (exact) mass is 299 g/mol. The molecule has 0 saturated heterocycles. The maximum Gasteiger partial charge on any atom is 0.244 e. The van der Waals surface area contributed by atoms with Crippen molar-refractivity contribution < 1.29 is 13.2 Å². The topological polar surface area (TPSA) is 101 Å². The van der Waals surface area contributed by atoms with Crippen LogP contribution >= 0.6 is 0 Å². The average molecular weight is 299 g/mol. The Labute approximate surface area is 119 Å². The standard InChI is InChI=1S/C13H21N3O3S/c1-8-6-10(20(14,18)19)7-11(9(8)2)16-12(17)13(3,4)15-5/h6-7,15H,1-5H3,(H,16,17)(H2,14,18,19). The number of carbonyl (C=O) groups is 1. The van der Waals surface area contributed by atoms with Crippen LogP contribution in [-0.4, -0.2) is 26.9 Å². The highest BCUT2D eigenvalue weighted by Crippen LogP contribution is 2.24. The van der Waals surface area contributed by atoms with Gasteiger partial charge in [0.05, 0.1) is 10.4 Å². The Morgan fingerprint density at radius 1 is 1.25 bits per heavy atom. The second kappa shape index (κ2) is 5.51. The van der Waals surface area contributed by atoms with Crippen molar-refractivity contribution in [3.8, 4) is 0 Å². The number of primary sulfonamides is 1. The molecular weight excluding hydrogens is 278 g/mol. The lowest BCUT2D eigenvalue weighted by Gasteiger charge is -2.24. The molecule has 4 N–H and O–H groups in total. The van der Waals surface area contributed by atoms with E-state index in [2.05, 4.69) is 10.6 Å². The van der Waals surface area contributed by atoms with E-state index in [-0.39, 0.29) is 10.8 Å². The van der Waals surface area contributed by atoms with Crippen LogP contribution in [0.5, 0.6) is 0 Å². The van der Waals surface area contributed by atoms with Gasteiger partial charge in [-0.15, -0.1) is 0 Å². The predicted molar refractivity (Wildman–Crippen MR) is 79.1 cm³/mol. The third-order valence-corrected chi connectivity index (χ3v) is 4.30. The van der Waals surface area contributed by atoms with Gasteiger partial charge in [0.25, 0.3) is 0 Å². The summed E-state index contributed by atoms with van der Waals surface area (Å²) < 4.78 is 22.9. The van der Waals surface area contributed by atoms with Gasteiger partial charge in [-0.3, -0.25) is 4.79 Å². The summed E-state index contributed by atoms with van der Waals surface area (Å²) >= 11 is 0. The summed E-state index contributed by atoms with van der Waals surface area (Å²) in [7, 11) is -2.13. The lowest BCUT2D eigenvalue weighted by atomic mass is 10.0. The fourth-order valence-corrected chi connectivity index (χ4v) is 2.14. The number of likely N-dealkylation sites (N-methyl/N-ethyl adjacent to an activating group) is 1. The Bertz CT molecular complexity index is 637. The second-order valence-electron chi connectivity index (χ2n) is 5.29. The molecule has 0 aliphatic heterocycles. The van der Waals surface area contributed by atoms with E-state index in [4.69, 9.17) is 5.14 Å². The van der Waals surface area contributed by atoms with Crippen LogP contribution in [0.3, 0.4) is 0 Å². The van der Waals surface area contributed by atoms with E-state index in [0.717, 1.165) is 11.1 Å². The first-order valence-corrected chi connectivity index (χ1v) is 7.68. The first-order valence-electron chi connectivity index (χ1n) is 6.13. The van der Waals surface area contributed by atoms with Crippen molar-refractivity contribution in [1.82, 2.24) is 5.32 Å². The number of amides is 1. The number of carbonyl (C=O) groups excluding carboxylic acids is 1. The molecule has 1 rings (SSSR count). The van der Waals surface area contributed by atoms with Crippen LogP contribution in [0.25, 0.3) is 0 Å². The van der Waals surface area contributed by atoms with Crippen LogP contribution < -0.4 is 15.8 Å². The molecule has 0 bridgehead atoms. The quantitative estimate of drug-likeness (QED) is 0.768. The third-order valence-electron chi connectivity index (χ3n) is 3.41. The summed E-state index contributed by atoms with van der Waals surface area (Å²) in [6, 6.07) is 2.87. The van der Waals surface area contributed by atoms with Crippen molar-refractivity contribution in [2.24, 2.45) is 5.14 Å². The van der Waals surface area contributed by atoms with Crippen LogP contribution in [0.2, 0.25) is 0 Å². The number of sulfonamides is 1. The average Bonchev–Trinajstić information content (AvgIpc) is 2.33. The summed E-state index contributed by atoms with van der Waals surface area (Å²) in [4.78, 5) is 12.1. The van der Waals surface area contributed by atoms with Gasteiger partial charge in [-0.05, 0) is 58.0 Å². The zero-order chi connectivity index (χ0) is 15.7. The Morgan fingerprint density at radius 3 is 2.25 bits per heavy atom. The molecule has 20 heavy (non-hydrogen) atoms. The molecule has 7 heteroatoms. The Hall–Kier alpha value is -1.44. The molecule has 112 valence electrons. The smallest absolute Gasteiger partial charge is 0.244 e. The van der Waals surface area contributed by atoms with Gasteiger partial charge in [-0.2, -0.15) is 0 Å². The van der Waals surface area contributed by atoms with Gasteiger partial charge in [0.1, 0.15) is 0 Å². The zero-order valence-corrected chi connectivity index (χ0v) is 13.2. The number of nitrogens with one attached hydrogen (secondary N) is 2. The summed E-state index contributed by atoms with van der Waals surface area (Å²) in [5.41, 5.74) is 1.23. The van der Waals surface area contributed by atoms with Crippen molar-refractivity contribution in [2.45, 2.75) is 38.1 Å². The second-order valence-corrected chi connectivity index (χ2v) is 6.85. The summed E-state index contributed by atoms with van der Waals surface area (Å²) in [5, 5.41) is 10.8. The van der Waals surface area contributed by atoms with E-state index in [1.807, 2.05) is 6.92 Å². The van der Waals surface area contributed by atoms with Crippen LogP contribution in [0, 0.1) is 13.8 Å². The molecule has 1 amide bonds. The molecule has 1 aromatic rings. The van der Waals surface area contributed by atoms with Gasteiger partial charge in [-0.25, -0.2) is 13.6 Å². The molecule has 0 aromatic heterocycles. The zero-order valence-electron chi connectivity index (χ0n) is 12.4. The molecular formula is C13H21N3O3S. The molecule has 0 heterocycles. The molecule has 0 atom stereocenters. The van der Waals surface area contributed by atoms with Gasteiger partial charge in [0, 0.05) is 5.69 Å². The highest BCUT2D eigenvalue weighted by atomic mass is 32.2. The van der Waals surface area contributed by atoms with Gasteiger partial charge in [0.15, 0.2) is 0 Å². The van der Waals surface area contributed by atoms with E-state index in [1.165, 1.54) is 12.1 Å². The van der Waals surface area contributed by atoms with Crippen molar-refractivity contribution in [2.75, 3.05) is 12.4 Å². The normalized spacial score (nSPS) is 12.3. The minimum absolute atomic E-state index is 0.0156. The number of rotatable bonds is 4. The number of aryl methyl sites for hydroxylation is 1. The molecule has 0 fully saturated rings. The Kier molecular flexibility index (Phi) is 4.58. The maximum atomic E-state index is 12.1. The molecule has 0 spiro atoms. The van der Waals surface area contributed by atoms with Crippen molar-refractivity contribution >= 4 is 21.6 Å². The first kappa shape index (κ1) is 16.6. The van der Waals surface area contributed by atoms with Gasteiger partial charge in [-0.1, -0.05) is 0 Å².